The SMILES string of the molecule is Cc1nnc(CNC2CCCCCC2O)o1. The third-order valence-corrected chi connectivity index (χ3v) is 3.06. The van der Waals surface area contributed by atoms with Crippen molar-refractivity contribution in [2.75, 3.05) is 0 Å². The molecule has 1 aliphatic rings. The van der Waals surface area contributed by atoms with Crippen molar-refractivity contribution in [3.63, 3.8) is 0 Å². The molecule has 0 spiro atoms. The number of aliphatic hydroxyl groups excluding tert-OH is 1. The van der Waals surface area contributed by atoms with Gasteiger partial charge in [0.15, 0.2) is 0 Å². The van der Waals surface area contributed by atoms with Gasteiger partial charge in [-0.05, 0) is 12.8 Å². The third kappa shape index (κ3) is 3.02. The highest BCUT2D eigenvalue weighted by atomic mass is 16.4. The summed E-state index contributed by atoms with van der Waals surface area (Å²) in [7, 11) is 0. The summed E-state index contributed by atoms with van der Waals surface area (Å²) < 4.78 is 5.27. The topological polar surface area (TPSA) is 71.2 Å². The van der Waals surface area contributed by atoms with Crippen LogP contribution in [0.25, 0.3) is 0 Å². The molecule has 16 heavy (non-hydrogen) atoms. The molecule has 2 unspecified atom stereocenters. The zero-order valence-corrected chi connectivity index (χ0v) is 9.65. The van der Waals surface area contributed by atoms with E-state index in [1.54, 1.807) is 6.92 Å². The van der Waals surface area contributed by atoms with Crippen molar-refractivity contribution in [3.8, 4) is 0 Å². The Bertz CT molecular complexity index is 327. The van der Waals surface area contributed by atoms with Gasteiger partial charge in [0.25, 0.3) is 0 Å². The first-order chi connectivity index (χ1) is 7.75. The van der Waals surface area contributed by atoms with E-state index in [-0.39, 0.29) is 12.1 Å². The summed E-state index contributed by atoms with van der Waals surface area (Å²) in [5.41, 5.74) is 0. The molecule has 5 heteroatoms. The van der Waals surface area contributed by atoms with Gasteiger partial charge in [0.05, 0.1) is 12.6 Å². The molecule has 1 aliphatic carbocycles. The second-order valence-corrected chi connectivity index (χ2v) is 4.41. The summed E-state index contributed by atoms with van der Waals surface area (Å²) in [5.74, 6) is 1.17. The second kappa shape index (κ2) is 5.41. The van der Waals surface area contributed by atoms with Crippen LogP contribution >= 0.6 is 0 Å². The van der Waals surface area contributed by atoms with Crippen molar-refractivity contribution in [2.24, 2.45) is 0 Å². The Kier molecular flexibility index (Phi) is 3.90. The van der Waals surface area contributed by atoms with E-state index in [1.165, 1.54) is 12.8 Å². The predicted octanol–water partition coefficient (Wildman–Crippen LogP) is 1.16. The maximum Gasteiger partial charge on any atom is 0.230 e. The molecule has 90 valence electrons. The summed E-state index contributed by atoms with van der Waals surface area (Å²) in [4.78, 5) is 0. The molecule has 1 aromatic rings. The lowest BCUT2D eigenvalue weighted by molar-refractivity contribution is 0.118. The molecule has 2 rings (SSSR count). The van der Waals surface area contributed by atoms with Gasteiger partial charge in [-0.2, -0.15) is 0 Å². The van der Waals surface area contributed by atoms with Gasteiger partial charge in [0, 0.05) is 13.0 Å². The second-order valence-electron chi connectivity index (χ2n) is 4.41. The molecule has 2 N–H and O–H groups in total. The van der Waals surface area contributed by atoms with Gasteiger partial charge in [0.2, 0.25) is 11.8 Å². The van der Waals surface area contributed by atoms with Crippen LogP contribution in [-0.2, 0) is 6.54 Å². The number of nitrogens with zero attached hydrogens (tertiary/aromatic N) is 2. The molecule has 0 aliphatic heterocycles. The highest BCUT2D eigenvalue weighted by molar-refractivity contribution is 4.83. The lowest BCUT2D eigenvalue weighted by Gasteiger charge is -2.20. The minimum Gasteiger partial charge on any atom is -0.424 e. The quantitative estimate of drug-likeness (QED) is 0.755. The predicted molar refractivity (Wildman–Crippen MR) is 58.8 cm³/mol. The van der Waals surface area contributed by atoms with Crippen molar-refractivity contribution < 1.29 is 9.52 Å². The largest absolute Gasteiger partial charge is 0.424 e. The van der Waals surface area contributed by atoms with E-state index in [0.717, 1.165) is 19.3 Å². The van der Waals surface area contributed by atoms with E-state index in [2.05, 4.69) is 15.5 Å². The standard InChI is InChI=1S/C11H19N3O2/c1-8-13-14-11(16-8)7-12-9-5-3-2-4-6-10(9)15/h9-10,12,15H,2-7H2,1H3. The Labute approximate surface area is 95.3 Å². The van der Waals surface area contributed by atoms with Crippen molar-refractivity contribution in [2.45, 2.75) is 57.7 Å². The van der Waals surface area contributed by atoms with Gasteiger partial charge >= 0.3 is 0 Å². The molecule has 0 bridgehead atoms. The lowest BCUT2D eigenvalue weighted by atomic mass is 10.1. The van der Waals surface area contributed by atoms with Crippen molar-refractivity contribution in [1.82, 2.24) is 15.5 Å². The van der Waals surface area contributed by atoms with Gasteiger partial charge < -0.3 is 14.8 Å². The summed E-state index contributed by atoms with van der Waals surface area (Å²) in [6, 6.07) is 0.162. The molecule has 1 fully saturated rings. The van der Waals surface area contributed by atoms with E-state index >= 15 is 0 Å². The molecule has 5 nitrogen and oxygen atoms in total. The van der Waals surface area contributed by atoms with Crippen LogP contribution in [0.5, 0.6) is 0 Å². The highest BCUT2D eigenvalue weighted by Crippen LogP contribution is 2.18. The molecular weight excluding hydrogens is 206 g/mol. The molecule has 1 heterocycles. The minimum absolute atomic E-state index is 0.162. The molecule has 0 aromatic carbocycles. The van der Waals surface area contributed by atoms with Crippen LogP contribution in [0.3, 0.4) is 0 Å². The first-order valence-corrected chi connectivity index (χ1v) is 5.96. The molecule has 1 aromatic heterocycles. The first kappa shape index (κ1) is 11.5. The van der Waals surface area contributed by atoms with Gasteiger partial charge in [0.1, 0.15) is 0 Å². The van der Waals surface area contributed by atoms with E-state index in [1.807, 2.05) is 0 Å². The van der Waals surface area contributed by atoms with E-state index in [0.29, 0.717) is 18.3 Å². The maximum atomic E-state index is 9.90. The van der Waals surface area contributed by atoms with Crippen LogP contribution < -0.4 is 5.32 Å². The lowest BCUT2D eigenvalue weighted by Crippen LogP contribution is -2.38. The molecule has 1 saturated carbocycles. The van der Waals surface area contributed by atoms with Crippen LogP contribution in [0.15, 0.2) is 4.42 Å². The molecule has 0 radical (unpaired) electrons. The molecular formula is C11H19N3O2. The fourth-order valence-electron chi connectivity index (χ4n) is 2.15. The average Bonchev–Trinajstić information content (AvgIpc) is 2.56. The van der Waals surface area contributed by atoms with Crippen LogP contribution in [0, 0.1) is 6.92 Å². The fraction of sp³-hybridized carbons (Fsp3) is 0.818. The number of aliphatic hydroxyl groups is 1. The fourth-order valence-corrected chi connectivity index (χ4v) is 2.15. The smallest absolute Gasteiger partial charge is 0.230 e. The van der Waals surface area contributed by atoms with Crippen molar-refractivity contribution >= 4 is 0 Å². The number of hydrogen-bond acceptors (Lipinski definition) is 5. The van der Waals surface area contributed by atoms with Crippen molar-refractivity contribution in [1.29, 1.82) is 0 Å². The summed E-state index contributed by atoms with van der Waals surface area (Å²) >= 11 is 0. The summed E-state index contributed by atoms with van der Waals surface area (Å²) in [6.07, 6.45) is 5.19. The molecule has 0 saturated heterocycles. The van der Waals surface area contributed by atoms with Gasteiger partial charge in [-0.1, -0.05) is 19.3 Å². The zero-order chi connectivity index (χ0) is 11.4. The molecule has 0 amide bonds. The Morgan fingerprint density at radius 2 is 2.12 bits per heavy atom. The minimum atomic E-state index is -0.244. The Balaban J connectivity index is 1.83. The van der Waals surface area contributed by atoms with Gasteiger partial charge in [-0.25, -0.2) is 0 Å². The third-order valence-electron chi connectivity index (χ3n) is 3.06. The number of aromatic nitrogens is 2. The average molecular weight is 225 g/mol. The Hall–Kier alpha value is -0.940. The maximum absolute atomic E-state index is 9.90. The highest BCUT2D eigenvalue weighted by Gasteiger charge is 2.21. The van der Waals surface area contributed by atoms with Gasteiger partial charge in [-0.3, -0.25) is 0 Å². The van der Waals surface area contributed by atoms with Crippen LogP contribution in [0.1, 0.15) is 43.9 Å². The summed E-state index contributed by atoms with van der Waals surface area (Å²) in [5, 5.41) is 20.9. The van der Waals surface area contributed by atoms with E-state index in [4.69, 9.17) is 4.42 Å². The zero-order valence-electron chi connectivity index (χ0n) is 9.65. The van der Waals surface area contributed by atoms with Crippen molar-refractivity contribution in [3.05, 3.63) is 11.8 Å². The van der Waals surface area contributed by atoms with Crippen LogP contribution in [0.2, 0.25) is 0 Å². The first-order valence-electron chi connectivity index (χ1n) is 5.96. The Morgan fingerprint density at radius 1 is 1.31 bits per heavy atom. The monoisotopic (exact) mass is 225 g/mol. The number of aryl methyl sites for hydroxylation is 1. The van der Waals surface area contributed by atoms with Crippen LogP contribution in [-0.4, -0.2) is 27.4 Å². The summed E-state index contributed by atoms with van der Waals surface area (Å²) in [6.45, 7) is 2.32. The number of hydrogen-bond donors (Lipinski definition) is 2. The van der Waals surface area contributed by atoms with E-state index in [9.17, 15) is 5.11 Å². The van der Waals surface area contributed by atoms with E-state index < -0.39 is 0 Å². The molecule has 2 atom stereocenters. The Morgan fingerprint density at radius 3 is 2.88 bits per heavy atom. The normalized spacial score (nSPS) is 26.6. The number of nitrogens with one attached hydrogen (secondary N) is 1. The number of rotatable bonds is 3. The van der Waals surface area contributed by atoms with Crippen LogP contribution in [0.4, 0.5) is 0 Å². The van der Waals surface area contributed by atoms with Gasteiger partial charge in [-0.15, -0.1) is 10.2 Å².